The summed E-state index contributed by atoms with van der Waals surface area (Å²) in [4.78, 5) is 22.2. The van der Waals surface area contributed by atoms with Crippen molar-refractivity contribution in [1.29, 1.82) is 0 Å². The summed E-state index contributed by atoms with van der Waals surface area (Å²) < 4.78 is 5.15. The van der Waals surface area contributed by atoms with Crippen LogP contribution in [0.15, 0.2) is 24.3 Å². The van der Waals surface area contributed by atoms with Crippen molar-refractivity contribution in [3.8, 4) is 0 Å². The number of primary amides is 1. The van der Waals surface area contributed by atoms with Crippen LogP contribution in [0.1, 0.15) is 36.2 Å². The van der Waals surface area contributed by atoms with E-state index in [9.17, 15) is 9.59 Å². The number of urea groups is 1. The second-order valence-electron chi connectivity index (χ2n) is 4.73. The van der Waals surface area contributed by atoms with Crippen LogP contribution in [0.3, 0.4) is 0 Å². The Bertz CT molecular complexity index is 427. The van der Waals surface area contributed by atoms with Crippen molar-refractivity contribution in [2.75, 3.05) is 6.61 Å². The Morgan fingerprint density at radius 1 is 1.26 bits per heavy atom. The van der Waals surface area contributed by atoms with E-state index < -0.39 is 6.03 Å². The summed E-state index contributed by atoms with van der Waals surface area (Å²) in [5.41, 5.74) is 6.35. The van der Waals surface area contributed by atoms with Gasteiger partial charge in [-0.2, -0.15) is 0 Å². The summed E-state index contributed by atoms with van der Waals surface area (Å²) in [5, 5.41) is 2.48. The Kier molecular flexibility index (Phi) is 5.85. The standard InChI is InChI=1S/C14H20N2O3/c1-10(2)7-8-19-13(17)12-5-3-11(4-6-12)9-16-14(15)18/h3-6,10H,7-9H2,1-2H3,(H3,15,16,18). The normalized spacial score (nSPS) is 10.3. The topological polar surface area (TPSA) is 81.4 Å². The van der Waals surface area contributed by atoms with Gasteiger partial charge in [-0.05, 0) is 30.0 Å². The maximum absolute atomic E-state index is 11.7. The monoisotopic (exact) mass is 264 g/mol. The first kappa shape index (κ1) is 15.0. The number of carbonyl (C=O) groups is 2. The van der Waals surface area contributed by atoms with E-state index in [1.807, 2.05) is 0 Å². The SMILES string of the molecule is CC(C)CCOC(=O)c1ccc(CNC(N)=O)cc1. The fourth-order valence-corrected chi connectivity index (χ4v) is 1.42. The lowest BCUT2D eigenvalue weighted by Gasteiger charge is -2.07. The van der Waals surface area contributed by atoms with Crippen molar-refractivity contribution in [3.05, 3.63) is 35.4 Å². The summed E-state index contributed by atoms with van der Waals surface area (Å²) in [5.74, 6) is 0.185. The highest BCUT2D eigenvalue weighted by atomic mass is 16.5. The van der Waals surface area contributed by atoms with Crippen molar-refractivity contribution in [2.45, 2.75) is 26.8 Å². The van der Waals surface area contributed by atoms with Gasteiger partial charge in [0, 0.05) is 6.54 Å². The van der Waals surface area contributed by atoms with Crippen molar-refractivity contribution >= 4 is 12.0 Å². The number of nitrogens with one attached hydrogen (secondary N) is 1. The quantitative estimate of drug-likeness (QED) is 0.771. The molecule has 0 aromatic heterocycles. The average Bonchev–Trinajstić information content (AvgIpc) is 2.36. The van der Waals surface area contributed by atoms with Gasteiger partial charge in [-0.1, -0.05) is 26.0 Å². The molecule has 0 saturated heterocycles. The molecule has 0 atom stereocenters. The van der Waals surface area contributed by atoms with Crippen LogP contribution < -0.4 is 11.1 Å². The minimum Gasteiger partial charge on any atom is -0.462 e. The van der Waals surface area contributed by atoms with Crippen LogP contribution in [0.5, 0.6) is 0 Å². The van der Waals surface area contributed by atoms with Gasteiger partial charge < -0.3 is 15.8 Å². The highest BCUT2D eigenvalue weighted by molar-refractivity contribution is 5.89. The number of amides is 2. The van der Waals surface area contributed by atoms with Crippen LogP contribution in [0.4, 0.5) is 4.79 Å². The molecule has 0 fully saturated rings. The summed E-state index contributed by atoms with van der Waals surface area (Å²) >= 11 is 0. The molecule has 0 radical (unpaired) electrons. The lowest BCUT2D eigenvalue weighted by Crippen LogP contribution is -2.28. The summed E-state index contributed by atoms with van der Waals surface area (Å²) in [6, 6.07) is 6.30. The molecular formula is C14H20N2O3. The molecule has 0 aliphatic heterocycles. The second kappa shape index (κ2) is 7.41. The molecular weight excluding hydrogens is 244 g/mol. The predicted octanol–water partition coefficient (Wildman–Crippen LogP) is 2.06. The van der Waals surface area contributed by atoms with Gasteiger partial charge in [0.2, 0.25) is 0 Å². The third-order valence-corrected chi connectivity index (χ3v) is 2.58. The molecule has 0 saturated carbocycles. The summed E-state index contributed by atoms with van der Waals surface area (Å²) in [6.07, 6.45) is 0.854. The predicted molar refractivity (Wildman–Crippen MR) is 72.6 cm³/mol. The van der Waals surface area contributed by atoms with Crippen molar-refractivity contribution in [3.63, 3.8) is 0 Å². The smallest absolute Gasteiger partial charge is 0.338 e. The van der Waals surface area contributed by atoms with Crippen LogP contribution >= 0.6 is 0 Å². The van der Waals surface area contributed by atoms with Gasteiger partial charge >= 0.3 is 12.0 Å². The summed E-state index contributed by atoms with van der Waals surface area (Å²) in [6.45, 7) is 4.93. The van der Waals surface area contributed by atoms with Crippen molar-refractivity contribution in [2.24, 2.45) is 11.7 Å². The first-order valence-corrected chi connectivity index (χ1v) is 6.28. The number of hydrogen-bond acceptors (Lipinski definition) is 3. The molecule has 1 aromatic rings. The molecule has 1 rings (SSSR count). The molecule has 104 valence electrons. The van der Waals surface area contributed by atoms with Gasteiger partial charge in [-0.25, -0.2) is 9.59 Å². The van der Waals surface area contributed by atoms with Gasteiger partial charge in [-0.3, -0.25) is 0 Å². The number of nitrogens with two attached hydrogens (primary N) is 1. The zero-order chi connectivity index (χ0) is 14.3. The summed E-state index contributed by atoms with van der Waals surface area (Å²) in [7, 11) is 0. The molecule has 3 N–H and O–H groups in total. The van der Waals surface area contributed by atoms with E-state index in [0.29, 0.717) is 24.6 Å². The third-order valence-electron chi connectivity index (χ3n) is 2.58. The zero-order valence-electron chi connectivity index (χ0n) is 11.3. The highest BCUT2D eigenvalue weighted by Gasteiger charge is 2.07. The maximum atomic E-state index is 11.7. The Hall–Kier alpha value is -2.04. The fourth-order valence-electron chi connectivity index (χ4n) is 1.42. The van der Waals surface area contributed by atoms with E-state index in [1.54, 1.807) is 24.3 Å². The molecule has 0 heterocycles. The van der Waals surface area contributed by atoms with Crippen LogP contribution in [0.25, 0.3) is 0 Å². The average molecular weight is 264 g/mol. The van der Waals surface area contributed by atoms with E-state index in [-0.39, 0.29) is 5.97 Å². The molecule has 1 aromatic carbocycles. The molecule has 0 aliphatic rings. The first-order chi connectivity index (χ1) is 8.99. The van der Waals surface area contributed by atoms with Gasteiger partial charge in [0.05, 0.1) is 12.2 Å². The molecule has 0 aliphatic carbocycles. The van der Waals surface area contributed by atoms with Gasteiger partial charge in [0.15, 0.2) is 0 Å². The van der Waals surface area contributed by atoms with Crippen molar-refractivity contribution < 1.29 is 14.3 Å². The third kappa shape index (κ3) is 5.90. The largest absolute Gasteiger partial charge is 0.462 e. The van der Waals surface area contributed by atoms with Gasteiger partial charge in [-0.15, -0.1) is 0 Å². The molecule has 19 heavy (non-hydrogen) atoms. The lowest BCUT2D eigenvalue weighted by molar-refractivity contribution is 0.0488. The Morgan fingerprint density at radius 2 is 1.89 bits per heavy atom. The van der Waals surface area contributed by atoms with Crippen LogP contribution in [0, 0.1) is 5.92 Å². The molecule has 5 nitrogen and oxygen atoms in total. The van der Waals surface area contributed by atoms with Crippen molar-refractivity contribution in [1.82, 2.24) is 5.32 Å². The molecule has 0 unspecified atom stereocenters. The van der Waals surface area contributed by atoms with E-state index in [2.05, 4.69) is 19.2 Å². The number of carbonyl (C=O) groups excluding carboxylic acids is 2. The first-order valence-electron chi connectivity index (χ1n) is 6.28. The van der Waals surface area contributed by atoms with Gasteiger partial charge in [0.1, 0.15) is 0 Å². The number of ether oxygens (including phenoxy) is 1. The maximum Gasteiger partial charge on any atom is 0.338 e. The number of hydrogen-bond donors (Lipinski definition) is 2. The zero-order valence-corrected chi connectivity index (χ0v) is 11.3. The minimum absolute atomic E-state index is 0.324. The van der Waals surface area contributed by atoms with Crippen LogP contribution in [-0.2, 0) is 11.3 Å². The number of rotatable bonds is 6. The fraction of sp³-hybridized carbons (Fsp3) is 0.429. The highest BCUT2D eigenvalue weighted by Crippen LogP contribution is 2.07. The Morgan fingerprint density at radius 3 is 2.42 bits per heavy atom. The van der Waals surface area contributed by atoms with Crippen LogP contribution in [-0.4, -0.2) is 18.6 Å². The van der Waals surface area contributed by atoms with E-state index in [1.165, 1.54) is 0 Å². The molecule has 0 bridgehead atoms. The Labute approximate surface area is 113 Å². The van der Waals surface area contributed by atoms with E-state index in [4.69, 9.17) is 10.5 Å². The minimum atomic E-state index is -0.572. The molecule has 5 heteroatoms. The van der Waals surface area contributed by atoms with Crippen LogP contribution in [0.2, 0.25) is 0 Å². The molecule has 0 spiro atoms. The number of esters is 1. The van der Waals surface area contributed by atoms with E-state index >= 15 is 0 Å². The number of benzene rings is 1. The van der Waals surface area contributed by atoms with E-state index in [0.717, 1.165) is 12.0 Å². The lowest BCUT2D eigenvalue weighted by atomic mass is 10.1. The molecule has 2 amide bonds. The second-order valence-corrected chi connectivity index (χ2v) is 4.73. The van der Waals surface area contributed by atoms with Gasteiger partial charge in [0.25, 0.3) is 0 Å². The Balaban J connectivity index is 2.46.